The number of fused-ring (bicyclic) bond motifs is 1. The number of aromatic nitrogens is 1. The Hall–Kier alpha value is -6.74. The van der Waals surface area contributed by atoms with Crippen LogP contribution in [0.2, 0.25) is 0 Å². The molecule has 8 rings (SSSR count). The van der Waals surface area contributed by atoms with E-state index in [0.29, 0.717) is 17.5 Å². The molecule has 4 aromatic carbocycles. The molecule has 88 heavy (non-hydrogen) atoms. The van der Waals surface area contributed by atoms with Gasteiger partial charge in [-0.15, -0.1) is 0 Å². The number of oxime groups is 1. The normalized spacial score (nSPS) is 34.0. The number of cyclic esters (lactones) is 1. The molecular weight excluding hydrogens is 1120 g/mol. The quantitative estimate of drug-likeness (QED) is 0.0406. The van der Waals surface area contributed by atoms with E-state index in [1.54, 1.807) is 113 Å². The Balaban J connectivity index is 1.31. The van der Waals surface area contributed by atoms with Crippen molar-refractivity contribution in [2.45, 2.75) is 180 Å². The Bertz CT molecular complexity index is 3200. The van der Waals surface area contributed by atoms with Gasteiger partial charge >= 0.3 is 23.9 Å². The van der Waals surface area contributed by atoms with E-state index in [2.05, 4.69) is 5.16 Å². The van der Waals surface area contributed by atoms with Crippen molar-refractivity contribution in [3.63, 3.8) is 0 Å². The summed E-state index contributed by atoms with van der Waals surface area (Å²) in [6.07, 6.45) is -3.73. The van der Waals surface area contributed by atoms with Crippen molar-refractivity contribution >= 4 is 46.6 Å². The Morgan fingerprint density at radius 2 is 1.34 bits per heavy atom. The average Bonchev–Trinajstić information content (AvgIpc) is 1.66. The molecular formula is C70H89N3O15. The van der Waals surface area contributed by atoms with Gasteiger partial charge < -0.3 is 57.8 Å². The minimum absolute atomic E-state index is 0.0249. The number of rotatable bonds is 16. The van der Waals surface area contributed by atoms with Crippen LogP contribution in [0.3, 0.4) is 0 Å². The number of nitrogens with zero attached hydrogens (tertiary/aromatic N) is 3. The number of likely N-dealkylation sites (N-methyl/N-ethyl adjacent to an activating group) is 1. The Morgan fingerprint density at radius 1 is 0.750 bits per heavy atom. The molecule has 0 saturated carbocycles. The monoisotopic (exact) mass is 1210 g/mol. The van der Waals surface area contributed by atoms with Gasteiger partial charge in [0.25, 0.3) is 0 Å². The number of aliphatic hydroxyl groups excluding tert-OH is 1. The van der Waals surface area contributed by atoms with Gasteiger partial charge in [0, 0.05) is 36.9 Å². The molecule has 18 atom stereocenters. The Kier molecular flexibility index (Phi) is 22.3. The number of carbonyl (C=O) groups is 4. The third-order valence-corrected chi connectivity index (χ3v) is 18.2. The average molecular weight is 1210 g/mol. The fourth-order valence-electron chi connectivity index (χ4n) is 13.2. The highest BCUT2D eigenvalue weighted by atomic mass is 16.7. The summed E-state index contributed by atoms with van der Waals surface area (Å²) in [5.74, 6) is -6.32. The number of pyridine rings is 1. The molecule has 2 unspecified atom stereocenters. The van der Waals surface area contributed by atoms with Crippen LogP contribution in [0.1, 0.15) is 138 Å². The predicted molar refractivity (Wildman–Crippen MR) is 333 cm³/mol. The number of carbonyl (C=O) groups excluding carboxylic acids is 4. The lowest BCUT2D eigenvalue weighted by Gasteiger charge is -2.51. The minimum Gasteiger partial charge on any atom is -0.459 e. The molecule has 474 valence electrons. The lowest BCUT2D eigenvalue weighted by atomic mass is 9.66. The number of benzene rings is 4. The summed E-state index contributed by atoms with van der Waals surface area (Å²) in [7, 11) is 5.35. The van der Waals surface area contributed by atoms with E-state index in [0.717, 1.165) is 16.5 Å². The molecule has 5 aromatic rings. The highest BCUT2D eigenvalue weighted by Gasteiger charge is 2.55. The number of esters is 3. The first-order valence-electron chi connectivity index (χ1n) is 30.7. The van der Waals surface area contributed by atoms with Crippen molar-refractivity contribution in [2.75, 3.05) is 21.2 Å². The van der Waals surface area contributed by atoms with Crippen molar-refractivity contribution in [3.8, 4) is 0 Å². The smallest absolute Gasteiger partial charge is 0.365 e. The molecule has 3 aliphatic rings. The number of allylic oxidation sites excluding steroid dienone is 1. The van der Waals surface area contributed by atoms with Crippen molar-refractivity contribution in [1.82, 2.24) is 9.88 Å². The maximum atomic E-state index is 15.3. The first-order valence-corrected chi connectivity index (χ1v) is 30.7. The molecule has 2 N–H and O–H groups in total. The molecule has 4 heterocycles. The summed E-state index contributed by atoms with van der Waals surface area (Å²) in [5, 5.41) is 30.7. The molecule has 3 saturated heterocycles. The zero-order chi connectivity index (χ0) is 63.7. The summed E-state index contributed by atoms with van der Waals surface area (Å²) in [4.78, 5) is 69.6. The van der Waals surface area contributed by atoms with Gasteiger partial charge in [0.05, 0.1) is 70.4 Å². The molecule has 18 nitrogen and oxygen atoms in total. The molecule has 1 aromatic heterocycles. The van der Waals surface area contributed by atoms with Gasteiger partial charge in [-0.05, 0) is 140 Å². The third kappa shape index (κ3) is 15.6. The topological polar surface area (TPSA) is 220 Å². The van der Waals surface area contributed by atoms with Crippen LogP contribution in [0.15, 0.2) is 139 Å². The summed E-state index contributed by atoms with van der Waals surface area (Å²) in [5.41, 5.74) is -1.58. The van der Waals surface area contributed by atoms with Gasteiger partial charge in [-0.2, -0.15) is 0 Å². The van der Waals surface area contributed by atoms with Gasteiger partial charge in [-0.1, -0.05) is 125 Å². The largest absolute Gasteiger partial charge is 0.459 e. The minimum atomic E-state index is -2.09. The zero-order valence-corrected chi connectivity index (χ0v) is 53.0. The number of aliphatic hydroxyl groups is 2. The van der Waals surface area contributed by atoms with Crippen LogP contribution < -0.4 is 0 Å². The van der Waals surface area contributed by atoms with Crippen molar-refractivity contribution in [2.24, 2.45) is 34.2 Å². The van der Waals surface area contributed by atoms with Gasteiger partial charge in [0.2, 0.25) is 0 Å². The fourth-order valence-corrected chi connectivity index (χ4v) is 13.2. The van der Waals surface area contributed by atoms with Crippen molar-refractivity contribution < 1.29 is 72.1 Å². The first-order chi connectivity index (χ1) is 41.9. The number of hydrogen-bond acceptors (Lipinski definition) is 18. The molecule has 0 amide bonds. The van der Waals surface area contributed by atoms with Gasteiger partial charge in [-0.3, -0.25) is 9.78 Å². The number of ether oxygens (including phenoxy) is 8. The van der Waals surface area contributed by atoms with E-state index in [-0.39, 0.29) is 37.0 Å². The van der Waals surface area contributed by atoms with E-state index in [4.69, 9.17) is 47.7 Å². The van der Waals surface area contributed by atoms with Crippen molar-refractivity contribution in [1.29, 1.82) is 0 Å². The van der Waals surface area contributed by atoms with Crippen LogP contribution in [0.5, 0.6) is 0 Å². The number of methoxy groups -OCH3 is 1. The van der Waals surface area contributed by atoms with Crippen LogP contribution in [0.25, 0.3) is 17.0 Å². The van der Waals surface area contributed by atoms with Crippen LogP contribution in [0.4, 0.5) is 0 Å². The van der Waals surface area contributed by atoms with Crippen molar-refractivity contribution in [3.05, 3.63) is 156 Å². The second-order valence-electron chi connectivity index (χ2n) is 25.2. The predicted octanol–water partition coefficient (Wildman–Crippen LogP) is 11.1. The molecule has 0 radical (unpaired) electrons. The molecule has 18 heteroatoms. The van der Waals surface area contributed by atoms with E-state index < -0.39 is 132 Å². The van der Waals surface area contributed by atoms with E-state index >= 15 is 4.79 Å². The summed E-state index contributed by atoms with van der Waals surface area (Å²) in [6, 6.07) is 35.2. The zero-order valence-electron chi connectivity index (χ0n) is 53.0. The third-order valence-electron chi connectivity index (χ3n) is 18.2. The summed E-state index contributed by atoms with van der Waals surface area (Å²) in [6.45, 7) is 17.9. The number of para-hydroxylation sites is 1. The first kappa shape index (κ1) is 67.2. The molecule has 0 spiro atoms. The maximum Gasteiger partial charge on any atom is 0.365 e. The standard InChI is InChI=1S/C70H89N3O15/c1-14-55-70(10,79)60(74)44(4)57(72-88-66(78)51-32-22-17-23-33-51)42(2)39-68(8,36-26-27-48-38-52-34-24-25-35-53(52)71-41-48)61(87-67-59(54(73(11)12)37-43(3)81-67)85-64(76)49-28-18-15-19-29-49)45(5)58(46(6)63(75)83-55)84-56-40-69(9,80-13)62(47(7)82-56)86-65(77)50-30-20-16-21-31-50/h15-35,38,41-47,54-56,58-62,67,74,79H,14,36-37,39-40H2,1-13H3/b27-26+,72-57+/t42-,43-,44+,45+,46-,47+,54+,55?,56+,58?,59-,60-,61-,62+,67+,68-,69-,70-/m1/s1. The molecule has 3 fully saturated rings. The van der Waals surface area contributed by atoms with E-state index in [9.17, 15) is 24.6 Å². The maximum absolute atomic E-state index is 15.3. The highest BCUT2D eigenvalue weighted by molar-refractivity contribution is 5.93. The van der Waals surface area contributed by atoms with Gasteiger partial charge in [0.1, 0.15) is 17.3 Å². The Labute approximate surface area is 517 Å². The van der Waals surface area contributed by atoms with Gasteiger partial charge in [0.15, 0.2) is 24.8 Å². The summed E-state index contributed by atoms with van der Waals surface area (Å²) < 4.78 is 53.9. The SMILES string of the molecule is CCC1OC(=O)[C@H](C)C(O[C@H]2C[C@@](C)(OC)[C@@H](OC(=O)c3ccccc3)[C@H](C)O2)[C@H](C)[C@@H](O[C@@H]2O[C@H](C)C[C@H](N(C)C)[C@H]2OC(=O)c2ccccc2)[C@](C)(C/C=C/c2cnc3ccccc3c2)C[C@@H](C)/C(=N\OC(=O)c2ccccc2)[C@H](C)[C@@H](O)[C@]1(C)O. The lowest BCUT2D eigenvalue weighted by molar-refractivity contribution is -0.313. The van der Waals surface area contributed by atoms with E-state index in [1.165, 1.54) is 14.0 Å². The second kappa shape index (κ2) is 29.3. The van der Waals surface area contributed by atoms with E-state index in [1.807, 2.05) is 108 Å². The molecule has 0 aliphatic carbocycles. The van der Waals surface area contributed by atoms with Crippen LogP contribution in [-0.4, -0.2) is 150 Å². The second-order valence-corrected chi connectivity index (χ2v) is 25.2. The van der Waals surface area contributed by atoms with Crippen LogP contribution in [0, 0.1) is 29.1 Å². The number of hydrogen-bond donors (Lipinski definition) is 2. The highest BCUT2D eigenvalue weighted by Crippen LogP contribution is 2.47. The molecule has 3 aliphatic heterocycles. The van der Waals surface area contributed by atoms with Crippen LogP contribution in [-0.2, 0) is 47.5 Å². The van der Waals surface area contributed by atoms with Gasteiger partial charge in [-0.25, -0.2) is 14.4 Å². The lowest BCUT2D eigenvalue weighted by Crippen LogP contribution is -2.61. The Morgan fingerprint density at radius 3 is 1.94 bits per heavy atom. The fraction of sp³-hybridized carbons (Fsp3) is 0.514. The van der Waals surface area contributed by atoms with Crippen LogP contribution >= 0.6 is 0 Å². The summed E-state index contributed by atoms with van der Waals surface area (Å²) >= 11 is 0. The molecule has 0 bridgehead atoms.